The molecule has 6 nitrogen and oxygen atoms in total. The van der Waals surface area contributed by atoms with Crippen molar-refractivity contribution in [3.8, 4) is 0 Å². The molecule has 1 aliphatic rings. The van der Waals surface area contributed by atoms with Crippen LogP contribution in [0.1, 0.15) is 13.8 Å². The standard InChI is InChI=1S/C14H16FN3O3/c1-14(2)13(21)18(12(20)7-16-14)8-11(19)17-10-5-3-4-9(15)6-10/h3-6,16H,7-8H2,1-2H3,(H,17,19). The lowest BCUT2D eigenvalue weighted by atomic mass is 10.0. The SMILES string of the molecule is CC1(C)NCC(=O)N(CC(=O)Nc2cccc(F)c2)C1=O. The first-order chi connectivity index (χ1) is 9.79. The number of nitrogens with zero attached hydrogens (tertiary/aromatic N) is 1. The Morgan fingerprint density at radius 3 is 2.81 bits per heavy atom. The largest absolute Gasteiger partial charge is 0.324 e. The van der Waals surface area contributed by atoms with Crippen LogP contribution in [0.3, 0.4) is 0 Å². The molecule has 0 atom stereocenters. The minimum Gasteiger partial charge on any atom is -0.324 e. The van der Waals surface area contributed by atoms with Crippen LogP contribution in [0, 0.1) is 5.82 Å². The van der Waals surface area contributed by atoms with Crippen molar-refractivity contribution in [3.05, 3.63) is 30.1 Å². The molecule has 0 bridgehead atoms. The summed E-state index contributed by atoms with van der Waals surface area (Å²) >= 11 is 0. The monoisotopic (exact) mass is 293 g/mol. The third-order valence-electron chi connectivity index (χ3n) is 3.17. The normalized spacial score (nSPS) is 17.8. The van der Waals surface area contributed by atoms with Gasteiger partial charge in [-0.15, -0.1) is 0 Å². The highest BCUT2D eigenvalue weighted by Crippen LogP contribution is 2.14. The molecular formula is C14H16FN3O3. The average molecular weight is 293 g/mol. The molecule has 7 heteroatoms. The smallest absolute Gasteiger partial charge is 0.249 e. The summed E-state index contributed by atoms with van der Waals surface area (Å²) in [4.78, 5) is 36.6. The molecule has 1 fully saturated rings. The fraction of sp³-hybridized carbons (Fsp3) is 0.357. The maximum Gasteiger partial charge on any atom is 0.249 e. The van der Waals surface area contributed by atoms with Crippen molar-refractivity contribution in [1.29, 1.82) is 0 Å². The van der Waals surface area contributed by atoms with Gasteiger partial charge in [-0.25, -0.2) is 4.39 Å². The number of hydrogen-bond donors (Lipinski definition) is 2. The molecule has 2 N–H and O–H groups in total. The fourth-order valence-corrected chi connectivity index (χ4v) is 1.99. The van der Waals surface area contributed by atoms with Gasteiger partial charge in [0, 0.05) is 5.69 Å². The number of piperazine rings is 1. The van der Waals surface area contributed by atoms with Gasteiger partial charge in [-0.3, -0.25) is 24.6 Å². The number of anilines is 1. The first-order valence-corrected chi connectivity index (χ1v) is 6.45. The molecule has 0 spiro atoms. The summed E-state index contributed by atoms with van der Waals surface area (Å²) in [5.41, 5.74) is -0.623. The summed E-state index contributed by atoms with van der Waals surface area (Å²) in [5.74, 6) is -1.97. The van der Waals surface area contributed by atoms with E-state index in [1.807, 2.05) is 0 Å². The van der Waals surface area contributed by atoms with Crippen molar-refractivity contribution >= 4 is 23.4 Å². The molecule has 0 aromatic heterocycles. The van der Waals surface area contributed by atoms with Crippen LogP contribution in [0.4, 0.5) is 10.1 Å². The number of hydrogen-bond acceptors (Lipinski definition) is 4. The molecule has 0 saturated carbocycles. The quantitative estimate of drug-likeness (QED) is 0.796. The van der Waals surface area contributed by atoms with Gasteiger partial charge in [-0.05, 0) is 32.0 Å². The van der Waals surface area contributed by atoms with Crippen LogP contribution in [-0.4, -0.2) is 41.2 Å². The summed E-state index contributed by atoms with van der Waals surface area (Å²) in [6, 6.07) is 5.38. The van der Waals surface area contributed by atoms with E-state index in [-0.39, 0.29) is 18.8 Å². The predicted octanol–water partition coefficient (Wildman–Crippen LogP) is 0.501. The predicted molar refractivity (Wildman–Crippen MR) is 73.8 cm³/mol. The topological polar surface area (TPSA) is 78.5 Å². The van der Waals surface area contributed by atoms with E-state index in [1.165, 1.54) is 18.2 Å². The minimum atomic E-state index is -0.896. The molecule has 0 unspecified atom stereocenters. The van der Waals surface area contributed by atoms with Gasteiger partial charge < -0.3 is 5.32 Å². The summed E-state index contributed by atoms with van der Waals surface area (Å²) in [7, 11) is 0. The molecule has 1 aromatic rings. The van der Waals surface area contributed by atoms with Crippen LogP contribution < -0.4 is 10.6 Å². The lowest BCUT2D eigenvalue weighted by Crippen LogP contribution is -2.64. The number of amides is 3. The number of nitrogens with one attached hydrogen (secondary N) is 2. The Morgan fingerprint density at radius 1 is 1.43 bits per heavy atom. The van der Waals surface area contributed by atoms with Gasteiger partial charge in [-0.2, -0.15) is 0 Å². The molecule has 2 rings (SSSR count). The van der Waals surface area contributed by atoms with E-state index in [2.05, 4.69) is 10.6 Å². The number of halogens is 1. The van der Waals surface area contributed by atoms with E-state index in [1.54, 1.807) is 13.8 Å². The van der Waals surface area contributed by atoms with Crippen molar-refractivity contribution in [2.24, 2.45) is 0 Å². The second kappa shape index (κ2) is 5.61. The Kier molecular flexibility index (Phi) is 4.04. The molecule has 112 valence electrons. The van der Waals surface area contributed by atoms with E-state index in [0.717, 1.165) is 11.0 Å². The summed E-state index contributed by atoms with van der Waals surface area (Å²) < 4.78 is 13.0. The first-order valence-electron chi connectivity index (χ1n) is 6.45. The van der Waals surface area contributed by atoms with Crippen LogP contribution in [0.2, 0.25) is 0 Å². The van der Waals surface area contributed by atoms with Gasteiger partial charge in [0.25, 0.3) is 0 Å². The Balaban J connectivity index is 2.04. The van der Waals surface area contributed by atoms with Crippen molar-refractivity contribution in [2.45, 2.75) is 19.4 Å². The zero-order valence-electron chi connectivity index (χ0n) is 11.8. The van der Waals surface area contributed by atoms with E-state index >= 15 is 0 Å². The number of carbonyl (C=O) groups is 3. The van der Waals surface area contributed by atoms with E-state index in [0.29, 0.717) is 0 Å². The zero-order chi connectivity index (χ0) is 15.6. The van der Waals surface area contributed by atoms with Crippen molar-refractivity contribution < 1.29 is 18.8 Å². The van der Waals surface area contributed by atoms with Gasteiger partial charge in [0.05, 0.1) is 12.1 Å². The number of carbonyl (C=O) groups excluding carboxylic acids is 3. The van der Waals surface area contributed by atoms with Crippen LogP contribution in [0.15, 0.2) is 24.3 Å². The Morgan fingerprint density at radius 2 is 2.14 bits per heavy atom. The Bertz CT molecular complexity index is 601. The number of imide groups is 1. The van der Waals surface area contributed by atoms with Gasteiger partial charge in [0.15, 0.2) is 0 Å². The maximum absolute atomic E-state index is 13.0. The molecule has 3 amide bonds. The molecule has 1 aliphatic heterocycles. The maximum atomic E-state index is 13.0. The van der Waals surface area contributed by atoms with E-state index < -0.39 is 29.1 Å². The molecule has 1 saturated heterocycles. The molecular weight excluding hydrogens is 277 g/mol. The molecule has 0 radical (unpaired) electrons. The lowest BCUT2D eigenvalue weighted by molar-refractivity contribution is -0.154. The van der Waals surface area contributed by atoms with Crippen LogP contribution >= 0.6 is 0 Å². The highest BCUT2D eigenvalue weighted by atomic mass is 19.1. The molecule has 0 aliphatic carbocycles. The molecule has 1 aromatic carbocycles. The average Bonchev–Trinajstić information content (AvgIpc) is 2.40. The third-order valence-corrected chi connectivity index (χ3v) is 3.17. The zero-order valence-corrected chi connectivity index (χ0v) is 11.8. The lowest BCUT2D eigenvalue weighted by Gasteiger charge is -2.36. The van der Waals surface area contributed by atoms with Crippen LogP contribution in [-0.2, 0) is 14.4 Å². The van der Waals surface area contributed by atoms with E-state index in [9.17, 15) is 18.8 Å². The number of benzene rings is 1. The van der Waals surface area contributed by atoms with E-state index in [4.69, 9.17) is 0 Å². The molecule has 1 heterocycles. The Labute approximate surface area is 121 Å². The minimum absolute atomic E-state index is 0.00795. The Hall–Kier alpha value is -2.28. The van der Waals surface area contributed by atoms with Crippen LogP contribution in [0.5, 0.6) is 0 Å². The second-order valence-corrected chi connectivity index (χ2v) is 5.32. The van der Waals surface area contributed by atoms with Crippen molar-refractivity contribution in [3.63, 3.8) is 0 Å². The van der Waals surface area contributed by atoms with Gasteiger partial charge in [0.2, 0.25) is 17.7 Å². The summed E-state index contributed by atoms with van der Waals surface area (Å²) in [6.07, 6.45) is 0. The number of rotatable bonds is 3. The summed E-state index contributed by atoms with van der Waals surface area (Å²) in [6.45, 7) is 2.88. The third kappa shape index (κ3) is 3.43. The first kappa shape index (κ1) is 15.1. The summed E-state index contributed by atoms with van der Waals surface area (Å²) in [5, 5.41) is 5.25. The van der Waals surface area contributed by atoms with Crippen LogP contribution in [0.25, 0.3) is 0 Å². The van der Waals surface area contributed by atoms with Gasteiger partial charge >= 0.3 is 0 Å². The van der Waals surface area contributed by atoms with Gasteiger partial charge in [-0.1, -0.05) is 6.07 Å². The second-order valence-electron chi connectivity index (χ2n) is 5.32. The van der Waals surface area contributed by atoms with Crippen molar-refractivity contribution in [2.75, 3.05) is 18.4 Å². The van der Waals surface area contributed by atoms with Gasteiger partial charge in [0.1, 0.15) is 12.4 Å². The highest BCUT2D eigenvalue weighted by Gasteiger charge is 2.40. The molecule has 21 heavy (non-hydrogen) atoms. The highest BCUT2D eigenvalue weighted by molar-refractivity contribution is 6.06. The van der Waals surface area contributed by atoms with Crippen molar-refractivity contribution in [1.82, 2.24) is 10.2 Å². The fourth-order valence-electron chi connectivity index (χ4n) is 1.99.